The zero-order valence-corrected chi connectivity index (χ0v) is 37.8. The van der Waals surface area contributed by atoms with Crippen molar-refractivity contribution in [3.63, 3.8) is 0 Å². The van der Waals surface area contributed by atoms with Crippen LogP contribution in [0.2, 0.25) is 0 Å². The molecule has 7 aromatic rings. The fourth-order valence-corrected chi connectivity index (χ4v) is 8.42. The van der Waals surface area contributed by atoms with Gasteiger partial charge >= 0.3 is 5.89 Å². The maximum absolute atomic E-state index is 11.4. The molecule has 6 aromatic carbocycles. The van der Waals surface area contributed by atoms with Gasteiger partial charge in [-0.3, -0.25) is 0 Å². The molecule has 0 aliphatic carbocycles. The monoisotopic (exact) mass is 905 g/mol. The van der Waals surface area contributed by atoms with Gasteiger partial charge in [-0.05, 0) is 121 Å². The minimum Gasteiger partial charge on any atom is -0.744 e. The van der Waals surface area contributed by atoms with Crippen molar-refractivity contribution < 1.29 is 54.0 Å². The topological polar surface area (TPSA) is 167 Å². The first kappa shape index (κ1) is 45.8. The van der Waals surface area contributed by atoms with E-state index in [9.17, 15) is 25.9 Å². The van der Waals surface area contributed by atoms with E-state index < -0.39 is 20.2 Å². The van der Waals surface area contributed by atoms with E-state index in [2.05, 4.69) is 32.9 Å². The summed E-state index contributed by atoms with van der Waals surface area (Å²) >= 11 is 0. The molecule has 0 radical (unpaired) electrons. The number of nitrogens with one attached hydrogen (secondary N) is 1. The molecule has 0 atom stereocenters. The molecule has 0 saturated heterocycles. The van der Waals surface area contributed by atoms with Crippen LogP contribution in [0.1, 0.15) is 40.0 Å². The zero-order chi connectivity index (χ0) is 45.4. The minimum atomic E-state index is -4.57. The molecule has 334 valence electrons. The van der Waals surface area contributed by atoms with E-state index >= 15 is 0 Å². The average molecular weight is 906 g/mol. The van der Waals surface area contributed by atoms with Gasteiger partial charge in [0.2, 0.25) is 11.5 Å². The van der Waals surface area contributed by atoms with Gasteiger partial charge < -0.3 is 37.5 Å². The Morgan fingerprint density at radius 3 is 1.72 bits per heavy atom. The van der Waals surface area contributed by atoms with Crippen LogP contribution in [0.5, 0.6) is 17.2 Å². The van der Waals surface area contributed by atoms with Crippen molar-refractivity contribution in [1.29, 1.82) is 0 Å². The summed E-state index contributed by atoms with van der Waals surface area (Å²) in [7, 11) is -9.15. The number of quaternary nitrogens is 1. The second-order valence-electron chi connectivity index (χ2n) is 15.1. The Bertz CT molecular complexity index is 3030. The maximum Gasteiger partial charge on any atom is 0.374 e. The third-order valence-corrected chi connectivity index (χ3v) is 12.8. The molecule has 1 aromatic heterocycles. The van der Waals surface area contributed by atoms with E-state index in [4.69, 9.17) is 18.6 Å². The number of ether oxygens (including phenoxy) is 3. The molecule has 0 saturated carbocycles. The number of anilines is 1. The summed E-state index contributed by atoms with van der Waals surface area (Å²) in [6.07, 6.45) is 4.55. The predicted molar refractivity (Wildman–Crippen MR) is 245 cm³/mol. The Morgan fingerprint density at radius 1 is 0.688 bits per heavy atom. The minimum absolute atomic E-state index is 0.216. The zero-order valence-electron chi connectivity index (χ0n) is 36.2. The van der Waals surface area contributed by atoms with E-state index in [0.29, 0.717) is 54.1 Å². The van der Waals surface area contributed by atoms with Crippen LogP contribution in [-0.2, 0) is 26.8 Å². The lowest BCUT2D eigenvalue weighted by Gasteiger charge is -2.19. The normalized spacial score (nSPS) is 13.6. The predicted octanol–water partition coefficient (Wildman–Crippen LogP) is 7.46. The van der Waals surface area contributed by atoms with Crippen molar-refractivity contribution in [2.45, 2.75) is 50.5 Å². The molecule has 15 heteroatoms. The molecule has 1 aliphatic rings. The van der Waals surface area contributed by atoms with E-state index in [1.54, 1.807) is 4.90 Å². The molecule has 13 nitrogen and oxygen atoms in total. The Morgan fingerprint density at radius 2 is 1.20 bits per heavy atom. The molecule has 1 aliphatic heterocycles. The van der Waals surface area contributed by atoms with Gasteiger partial charge in [0.05, 0.1) is 47.7 Å². The van der Waals surface area contributed by atoms with Crippen molar-refractivity contribution >= 4 is 64.6 Å². The quantitative estimate of drug-likeness (QED) is 0.0756. The van der Waals surface area contributed by atoms with Crippen LogP contribution in [0.4, 0.5) is 5.69 Å². The summed E-state index contributed by atoms with van der Waals surface area (Å²) in [6.45, 7) is 13.7. The lowest BCUT2D eigenvalue weighted by atomic mass is 10.1. The van der Waals surface area contributed by atoms with Crippen molar-refractivity contribution in [3.8, 4) is 17.2 Å². The molecule has 8 rings (SSSR count). The fraction of sp³-hybridized carbons (Fsp3) is 0.245. The molecular formula is C49H51N3O10S2. The van der Waals surface area contributed by atoms with Crippen LogP contribution in [-0.4, -0.2) is 65.3 Å². The molecule has 0 bridgehead atoms. The van der Waals surface area contributed by atoms with Crippen molar-refractivity contribution in [2.75, 3.05) is 44.3 Å². The van der Waals surface area contributed by atoms with Crippen LogP contribution in [0.3, 0.4) is 0 Å². The molecule has 2 heterocycles. The molecule has 64 heavy (non-hydrogen) atoms. The highest BCUT2D eigenvalue weighted by molar-refractivity contribution is 7.86. The summed E-state index contributed by atoms with van der Waals surface area (Å²) in [6, 6.07) is 34.9. The standard InChI is InChI=1S/C43H36N2O10S2.C6H15N/c1-2-29(23-42-44(19-21-52-34-11-15-36(16-12-34)56(46,47)48)38-25-30-7-3-5-9-32(30)27-40(38)54-42)24-43-45(20-22-53-35-13-17-37(18-14-35)57(49,50)51)39-26-31-8-4-6-10-33(31)28-41(39)55-43;1-4-7(5-2)6-3/h3-18,23-28H,2,19-22H2,1H3,(H-,46,47,48,49,50,51);4-6H2,1-3H3. The number of rotatable bonds is 16. The van der Waals surface area contributed by atoms with Crippen molar-refractivity contribution in [1.82, 2.24) is 0 Å². The van der Waals surface area contributed by atoms with Gasteiger partial charge in [0, 0.05) is 12.1 Å². The molecular weight excluding hydrogens is 855 g/mol. The van der Waals surface area contributed by atoms with Crippen LogP contribution < -0.4 is 28.6 Å². The lowest BCUT2D eigenvalue weighted by molar-refractivity contribution is -0.894. The molecule has 1 N–H and O–H groups in total. The number of hydrogen-bond donors (Lipinski definition) is 1. The largest absolute Gasteiger partial charge is 0.744 e. The molecule has 0 spiro atoms. The Labute approximate surface area is 373 Å². The number of hydrogen-bond acceptors (Lipinski definition) is 11. The van der Waals surface area contributed by atoms with Gasteiger partial charge in [-0.15, -0.1) is 0 Å². The highest BCUT2D eigenvalue weighted by Gasteiger charge is 2.28. The highest BCUT2D eigenvalue weighted by atomic mass is 32.2. The number of allylic oxidation sites excluding steroid dienone is 2. The maximum atomic E-state index is 11.4. The van der Waals surface area contributed by atoms with Crippen LogP contribution in [0.25, 0.3) is 38.7 Å². The first-order chi connectivity index (χ1) is 30.8. The summed E-state index contributed by atoms with van der Waals surface area (Å²) in [5.74, 6) is 2.66. The number of benzene rings is 6. The SMILES string of the molecule is CCC(/C=C1\Oc2cc3ccccc3cc2N1CCOc1ccc(S(=O)(=O)[O-])cc1)=C\c1oc2cc3ccccc3cc2[n+]1CCOc1ccc(S(=O)(=O)[O-])cc1.CC[NH+](CC)CC. The summed E-state index contributed by atoms with van der Waals surface area (Å²) in [4.78, 5) is 3.05. The molecule has 0 amide bonds. The van der Waals surface area contributed by atoms with E-state index in [-0.39, 0.29) is 23.0 Å². The second kappa shape index (κ2) is 20.1. The van der Waals surface area contributed by atoms with Gasteiger partial charge in [0.25, 0.3) is 5.52 Å². The third kappa shape index (κ3) is 10.9. The summed E-state index contributed by atoms with van der Waals surface area (Å²) in [5.41, 5.74) is 3.30. The lowest BCUT2D eigenvalue weighted by Crippen LogP contribution is -3.11. The summed E-state index contributed by atoms with van der Waals surface area (Å²) in [5, 5.41) is 4.13. The van der Waals surface area contributed by atoms with Gasteiger partial charge in [-0.2, -0.15) is 4.57 Å². The van der Waals surface area contributed by atoms with Crippen LogP contribution >= 0.6 is 0 Å². The number of nitrogens with zero attached hydrogens (tertiary/aromatic N) is 2. The smallest absolute Gasteiger partial charge is 0.374 e. The Balaban J connectivity index is 0.000000809. The third-order valence-electron chi connectivity index (χ3n) is 11.1. The number of oxazole rings is 1. The highest BCUT2D eigenvalue weighted by Crippen LogP contribution is 2.42. The number of fused-ring (bicyclic) bond motifs is 4. The van der Waals surface area contributed by atoms with E-state index in [1.165, 1.54) is 68.2 Å². The average Bonchev–Trinajstić information content (AvgIpc) is 3.79. The Kier molecular flexibility index (Phi) is 14.4. The molecule has 0 fully saturated rings. The summed E-state index contributed by atoms with van der Waals surface area (Å²) < 4.78 is 95.4. The van der Waals surface area contributed by atoms with Crippen molar-refractivity contribution in [3.05, 3.63) is 145 Å². The van der Waals surface area contributed by atoms with Gasteiger partial charge in [0.15, 0.2) is 12.3 Å². The molecule has 0 unspecified atom stereocenters. The fourth-order valence-electron chi connectivity index (χ4n) is 7.48. The van der Waals surface area contributed by atoms with Crippen LogP contribution in [0, 0.1) is 0 Å². The first-order valence-electron chi connectivity index (χ1n) is 21.2. The van der Waals surface area contributed by atoms with Gasteiger partial charge in [0.1, 0.15) is 44.9 Å². The van der Waals surface area contributed by atoms with Gasteiger partial charge in [-0.25, -0.2) is 16.8 Å². The van der Waals surface area contributed by atoms with E-state index in [0.717, 1.165) is 38.3 Å². The second-order valence-corrected chi connectivity index (χ2v) is 17.9. The number of aromatic nitrogens is 1. The van der Waals surface area contributed by atoms with Crippen molar-refractivity contribution in [2.24, 2.45) is 0 Å². The van der Waals surface area contributed by atoms with Gasteiger partial charge in [-0.1, -0.05) is 55.5 Å². The first-order valence-corrected chi connectivity index (χ1v) is 24.1. The van der Waals surface area contributed by atoms with Crippen LogP contribution in [0.15, 0.2) is 153 Å². The Hall–Kier alpha value is -6.23. The van der Waals surface area contributed by atoms with E-state index in [1.807, 2.05) is 89.2 Å².